The Morgan fingerprint density at radius 2 is 0.506 bits per heavy atom. The molecular formula is C71H114O6. The van der Waals surface area contributed by atoms with Crippen LogP contribution in [0.15, 0.2) is 146 Å². The molecule has 0 fully saturated rings. The van der Waals surface area contributed by atoms with Gasteiger partial charge in [-0.05, 0) is 128 Å². The molecule has 0 rings (SSSR count). The van der Waals surface area contributed by atoms with Gasteiger partial charge in [0.05, 0.1) is 0 Å². The Hall–Kier alpha value is -4.71. The van der Waals surface area contributed by atoms with E-state index in [1.807, 2.05) is 0 Å². The van der Waals surface area contributed by atoms with E-state index in [2.05, 4.69) is 167 Å². The zero-order valence-corrected chi connectivity index (χ0v) is 49.7. The molecule has 6 nitrogen and oxygen atoms in total. The molecule has 0 aromatic rings. The summed E-state index contributed by atoms with van der Waals surface area (Å²) in [5.74, 6) is -0.956. The quantitative estimate of drug-likeness (QED) is 0.0261. The molecule has 0 saturated heterocycles. The molecule has 0 amide bonds. The number of carbonyl (C=O) groups is 3. The molecule has 434 valence electrons. The summed E-state index contributed by atoms with van der Waals surface area (Å²) in [7, 11) is 0. The van der Waals surface area contributed by atoms with Gasteiger partial charge in [0.1, 0.15) is 13.2 Å². The van der Waals surface area contributed by atoms with Crippen LogP contribution in [0.2, 0.25) is 0 Å². The van der Waals surface area contributed by atoms with Gasteiger partial charge in [0.2, 0.25) is 0 Å². The summed E-state index contributed by atoms with van der Waals surface area (Å²) in [6.45, 7) is 6.39. The molecule has 1 atom stereocenters. The molecule has 0 aliphatic rings. The number of allylic oxidation sites excluding steroid dienone is 24. The number of carbonyl (C=O) groups excluding carboxylic acids is 3. The van der Waals surface area contributed by atoms with E-state index in [-0.39, 0.29) is 31.1 Å². The number of unbranched alkanes of at least 4 members (excludes halogenated alkanes) is 20. The third-order valence-corrected chi connectivity index (χ3v) is 12.8. The topological polar surface area (TPSA) is 78.9 Å². The first-order valence-corrected chi connectivity index (χ1v) is 31.3. The standard InChI is InChI=1S/C71H114O6/c1-4-7-10-13-15-17-19-21-23-25-27-29-31-32-33-34-35-36-37-38-40-41-43-45-47-49-51-53-55-58-61-64-70(73)76-67-68(66-75-69(72)63-60-57-12-9-6-3)77-71(74)65-62-59-56-54-52-50-48-46-44-42-39-30-28-26-24-22-20-18-16-14-11-8-5-2/h7,10,15,17,20-23,26-29,32-33,35-36,38-40,42-43,45,49,51,68H,4-6,8-9,11-14,16,18-19,24-25,30-31,34,37,41,44,46-48,50,52-67H2,1-3H3/b10-7-,17-15-,22-20-,23-21-,28-26-,29-27-,33-32-,36-35-,40-38-,42-39-,45-43-,51-49-. The monoisotopic (exact) mass is 1060 g/mol. The smallest absolute Gasteiger partial charge is 0.306 e. The average molecular weight is 1060 g/mol. The zero-order valence-electron chi connectivity index (χ0n) is 49.7. The van der Waals surface area contributed by atoms with Crippen molar-refractivity contribution in [3.8, 4) is 0 Å². The minimum atomic E-state index is -0.799. The van der Waals surface area contributed by atoms with Crippen LogP contribution >= 0.6 is 0 Å². The number of hydrogen-bond acceptors (Lipinski definition) is 6. The molecule has 6 heteroatoms. The van der Waals surface area contributed by atoms with Gasteiger partial charge in [-0.25, -0.2) is 0 Å². The Morgan fingerprint density at radius 1 is 0.273 bits per heavy atom. The van der Waals surface area contributed by atoms with Gasteiger partial charge in [-0.2, -0.15) is 0 Å². The fraction of sp³-hybridized carbons (Fsp3) is 0.620. The number of ether oxygens (including phenoxy) is 3. The van der Waals surface area contributed by atoms with Crippen LogP contribution in [-0.4, -0.2) is 37.2 Å². The second kappa shape index (κ2) is 63.8. The fourth-order valence-corrected chi connectivity index (χ4v) is 8.15. The van der Waals surface area contributed by atoms with Crippen molar-refractivity contribution in [2.75, 3.05) is 13.2 Å². The van der Waals surface area contributed by atoms with Crippen molar-refractivity contribution in [1.29, 1.82) is 0 Å². The van der Waals surface area contributed by atoms with Crippen LogP contribution in [-0.2, 0) is 28.6 Å². The van der Waals surface area contributed by atoms with Gasteiger partial charge in [0.15, 0.2) is 6.10 Å². The number of rotatable bonds is 55. The summed E-state index contributed by atoms with van der Waals surface area (Å²) >= 11 is 0. The molecule has 0 N–H and O–H groups in total. The van der Waals surface area contributed by atoms with E-state index in [1.54, 1.807) is 0 Å². The van der Waals surface area contributed by atoms with Gasteiger partial charge >= 0.3 is 17.9 Å². The van der Waals surface area contributed by atoms with Crippen LogP contribution < -0.4 is 0 Å². The minimum absolute atomic E-state index is 0.0971. The van der Waals surface area contributed by atoms with Crippen LogP contribution in [0.5, 0.6) is 0 Å². The molecular weight excluding hydrogens is 949 g/mol. The van der Waals surface area contributed by atoms with Gasteiger partial charge in [-0.3, -0.25) is 14.4 Å². The Kier molecular flexibility index (Phi) is 59.9. The maximum Gasteiger partial charge on any atom is 0.306 e. The highest BCUT2D eigenvalue weighted by molar-refractivity contribution is 5.71. The van der Waals surface area contributed by atoms with Crippen molar-refractivity contribution in [3.05, 3.63) is 146 Å². The Bertz CT molecular complexity index is 1700. The van der Waals surface area contributed by atoms with E-state index in [1.165, 1.54) is 70.6 Å². The van der Waals surface area contributed by atoms with Gasteiger partial charge < -0.3 is 14.2 Å². The van der Waals surface area contributed by atoms with E-state index in [9.17, 15) is 14.4 Å². The Morgan fingerprint density at radius 3 is 0.805 bits per heavy atom. The van der Waals surface area contributed by atoms with Gasteiger partial charge in [-0.1, -0.05) is 263 Å². The first kappa shape index (κ1) is 72.3. The minimum Gasteiger partial charge on any atom is -0.462 e. The normalized spacial score (nSPS) is 13.1. The summed E-state index contributed by atoms with van der Waals surface area (Å²) in [4.78, 5) is 37.9. The van der Waals surface area contributed by atoms with E-state index in [0.29, 0.717) is 19.3 Å². The summed E-state index contributed by atoms with van der Waals surface area (Å²) in [5.41, 5.74) is 0. The third-order valence-electron chi connectivity index (χ3n) is 12.8. The largest absolute Gasteiger partial charge is 0.462 e. The second-order valence-electron chi connectivity index (χ2n) is 20.2. The van der Waals surface area contributed by atoms with Crippen LogP contribution in [0.3, 0.4) is 0 Å². The van der Waals surface area contributed by atoms with Crippen molar-refractivity contribution >= 4 is 17.9 Å². The van der Waals surface area contributed by atoms with Crippen molar-refractivity contribution in [1.82, 2.24) is 0 Å². The molecule has 0 radical (unpaired) electrons. The molecule has 77 heavy (non-hydrogen) atoms. The molecule has 0 saturated carbocycles. The van der Waals surface area contributed by atoms with E-state index in [4.69, 9.17) is 14.2 Å². The predicted molar refractivity (Wildman–Crippen MR) is 334 cm³/mol. The highest BCUT2D eigenvalue weighted by Gasteiger charge is 2.19. The Balaban J connectivity index is 4.19. The van der Waals surface area contributed by atoms with Gasteiger partial charge in [0, 0.05) is 19.3 Å². The van der Waals surface area contributed by atoms with E-state index < -0.39 is 6.10 Å². The highest BCUT2D eigenvalue weighted by atomic mass is 16.6. The molecule has 0 heterocycles. The maximum atomic E-state index is 12.8. The highest BCUT2D eigenvalue weighted by Crippen LogP contribution is 2.14. The zero-order chi connectivity index (χ0) is 55.7. The molecule has 0 aromatic heterocycles. The van der Waals surface area contributed by atoms with E-state index in [0.717, 1.165) is 154 Å². The summed E-state index contributed by atoms with van der Waals surface area (Å²) in [5, 5.41) is 0. The summed E-state index contributed by atoms with van der Waals surface area (Å²) in [6.07, 6.45) is 91.8. The number of esters is 3. The van der Waals surface area contributed by atoms with Crippen molar-refractivity contribution in [3.63, 3.8) is 0 Å². The summed E-state index contributed by atoms with van der Waals surface area (Å²) in [6, 6.07) is 0. The Labute approximate surface area is 474 Å². The molecule has 0 aliphatic heterocycles. The maximum absolute atomic E-state index is 12.8. The predicted octanol–water partition coefficient (Wildman–Crippen LogP) is 21.5. The lowest BCUT2D eigenvalue weighted by molar-refractivity contribution is -0.167. The molecule has 0 spiro atoms. The SMILES string of the molecule is CC/C=C\C/C=C\C/C=C\C/C=C\C/C=C\C/C=C\C/C=C\C/C=C\C/C=C\CCCCCC(=O)OCC(COC(=O)CCCCCCC)OC(=O)CCCCCCCCCC/C=C\C/C=C\C/C=C\CCCCCCC. The molecule has 0 aromatic carbocycles. The van der Waals surface area contributed by atoms with Crippen molar-refractivity contribution in [2.24, 2.45) is 0 Å². The first-order chi connectivity index (χ1) is 38.0. The van der Waals surface area contributed by atoms with Crippen LogP contribution in [0.1, 0.15) is 265 Å². The van der Waals surface area contributed by atoms with Gasteiger partial charge in [0.25, 0.3) is 0 Å². The molecule has 0 aliphatic carbocycles. The van der Waals surface area contributed by atoms with E-state index >= 15 is 0 Å². The third kappa shape index (κ3) is 62.0. The lowest BCUT2D eigenvalue weighted by Crippen LogP contribution is -2.30. The average Bonchev–Trinajstić information content (AvgIpc) is 3.43. The lowest BCUT2D eigenvalue weighted by Gasteiger charge is -2.18. The van der Waals surface area contributed by atoms with Crippen LogP contribution in [0.25, 0.3) is 0 Å². The second-order valence-corrected chi connectivity index (χ2v) is 20.2. The summed E-state index contributed by atoms with van der Waals surface area (Å²) < 4.78 is 16.7. The molecule has 0 bridgehead atoms. The lowest BCUT2D eigenvalue weighted by atomic mass is 10.1. The van der Waals surface area contributed by atoms with Crippen LogP contribution in [0, 0.1) is 0 Å². The van der Waals surface area contributed by atoms with Crippen LogP contribution in [0.4, 0.5) is 0 Å². The first-order valence-electron chi connectivity index (χ1n) is 31.3. The van der Waals surface area contributed by atoms with Crippen molar-refractivity contribution < 1.29 is 28.6 Å². The molecule has 1 unspecified atom stereocenters. The van der Waals surface area contributed by atoms with Crippen molar-refractivity contribution in [2.45, 2.75) is 271 Å². The van der Waals surface area contributed by atoms with Gasteiger partial charge in [-0.15, -0.1) is 0 Å². The fourth-order valence-electron chi connectivity index (χ4n) is 8.15. The number of hydrogen-bond donors (Lipinski definition) is 0.